The Labute approximate surface area is 151 Å². The van der Waals surface area contributed by atoms with Gasteiger partial charge in [0.05, 0.1) is 11.4 Å². The highest BCUT2D eigenvalue weighted by atomic mass is 79.9. The van der Waals surface area contributed by atoms with Gasteiger partial charge in [0.25, 0.3) is 0 Å². The number of rotatable bonds is 1. The molecule has 126 valence electrons. The number of hydrogen-bond donors (Lipinski definition) is 0. The van der Waals surface area contributed by atoms with Gasteiger partial charge in [-0.3, -0.25) is 4.90 Å². The maximum absolute atomic E-state index is 12.6. The van der Waals surface area contributed by atoms with E-state index in [4.69, 9.17) is 4.74 Å². The van der Waals surface area contributed by atoms with Crippen molar-refractivity contribution in [3.05, 3.63) is 53.0 Å². The fourth-order valence-corrected chi connectivity index (χ4v) is 3.17. The van der Waals surface area contributed by atoms with Crippen LogP contribution in [0, 0.1) is 0 Å². The van der Waals surface area contributed by atoms with Crippen LogP contribution in [0.3, 0.4) is 0 Å². The number of ether oxygens (including phenoxy) is 1. The third kappa shape index (κ3) is 3.56. The Balaban J connectivity index is 1.95. The molecule has 2 aromatic carbocycles. The molecule has 1 aliphatic rings. The van der Waals surface area contributed by atoms with E-state index in [1.807, 2.05) is 57.2 Å². The van der Waals surface area contributed by atoms with Gasteiger partial charge in [-0.15, -0.1) is 0 Å². The summed E-state index contributed by atoms with van der Waals surface area (Å²) in [5.74, 6) is 0. The highest BCUT2D eigenvalue weighted by Crippen LogP contribution is 2.38. The molecule has 0 radical (unpaired) electrons. The van der Waals surface area contributed by atoms with Crippen LogP contribution in [0.5, 0.6) is 0 Å². The third-order valence-electron chi connectivity index (χ3n) is 3.74. The van der Waals surface area contributed by atoms with E-state index in [0.717, 1.165) is 21.5 Å². The molecule has 0 fully saturated rings. The average Bonchev–Trinajstić information content (AvgIpc) is 2.52. The lowest BCUT2D eigenvalue weighted by molar-refractivity contribution is 0.0580. The Morgan fingerprint density at radius 1 is 1.04 bits per heavy atom. The smallest absolute Gasteiger partial charge is 0.414 e. The number of anilines is 3. The Morgan fingerprint density at radius 2 is 1.75 bits per heavy atom. The van der Waals surface area contributed by atoms with Crippen LogP contribution in [-0.2, 0) is 4.74 Å². The zero-order chi connectivity index (χ0) is 17.3. The van der Waals surface area contributed by atoms with E-state index in [2.05, 4.69) is 33.0 Å². The van der Waals surface area contributed by atoms with Crippen molar-refractivity contribution in [2.24, 2.45) is 0 Å². The Bertz CT molecular complexity index is 755. The van der Waals surface area contributed by atoms with E-state index in [-0.39, 0.29) is 6.09 Å². The van der Waals surface area contributed by atoms with Gasteiger partial charge in [0.15, 0.2) is 0 Å². The second kappa shape index (κ2) is 6.48. The van der Waals surface area contributed by atoms with Gasteiger partial charge < -0.3 is 9.64 Å². The van der Waals surface area contributed by atoms with Gasteiger partial charge in [-0.05, 0) is 51.1 Å². The molecule has 3 rings (SSSR count). The molecule has 0 aromatic heterocycles. The standard InChI is InChI=1S/C19H21BrN2O2/c1-19(2,3)24-18(23)22-12-11-21(15-8-6-7-14(20)13-15)16-9-4-5-10-17(16)22/h4-10,13H,11-12H2,1-3H3. The van der Waals surface area contributed by atoms with Gasteiger partial charge >= 0.3 is 6.09 Å². The van der Waals surface area contributed by atoms with Gasteiger partial charge in [-0.25, -0.2) is 4.79 Å². The van der Waals surface area contributed by atoms with E-state index in [9.17, 15) is 4.79 Å². The average molecular weight is 389 g/mol. The topological polar surface area (TPSA) is 32.8 Å². The zero-order valence-corrected chi connectivity index (χ0v) is 15.7. The lowest BCUT2D eigenvalue weighted by Crippen LogP contribution is -2.44. The summed E-state index contributed by atoms with van der Waals surface area (Å²) in [6.07, 6.45) is -0.302. The molecule has 0 aliphatic carbocycles. The van der Waals surface area contributed by atoms with E-state index < -0.39 is 5.60 Å². The van der Waals surface area contributed by atoms with E-state index in [0.29, 0.717) is 13.1 Å². The fourth-order valence-electron chi connectivity index (χ4n) is 2.78. The summed E-state index contributed by atoms with van der Waals surface area (Å²) in [6.45, 7) is 6.95. The highest BCUT2D eigenvalue weighted by Gasteiger charge is 2.30. The molecule has 0 N–H and O–H groups in total. The Hall–Kier alpha value is -2.01. The SMILES string of the molecule is CC(C)(C)OC(=O)N1CCN(c2cccc(Br)c2)c2ccccc21. The molecule has 4 nitrogen and oxygen atoms in total. The van der Waals surface area contributed by atoms with Crippen LogP contribution in [0.4, 0.5) is 21.9 Å². The maximum Gasteiger partial charge on any atom is 0.414 e. The number of hydrogen-bond acceptors (Lipinski definition) is 3. The van der Waals surface area contributed by atoms with Crippen molar-refractivity contribution in [2.45, 2.75) is 26.4 Å². The van der Waals surface area contributed by atoms with Crippen LogP contribution in [0.25, 0.3) is 0 Å². The van der Waals surface area contributed by atoms with Crippen LogP contribution >= 0.6 is 15.9 Å². The number of carbonyl (C=O) groups is 1. The minimum absolute atomic E-state index is 0.302. The number of para-hydroxylation sites is 2. The number of nitrogens with zero attached hydrogens (tertiary/aromatic N) is 2. The summed E-state index contributed by atoms with van der Waals surface area (Å²) >= 11 is 3.53. The summed E-state index contributed by atoms with van der Waals surface area (Å²) < 4.78 is 6.59. The first-order valence-corrected chi connectivity index (χ1v) is 8.77. The zero-order valence-electron chi connectivity index (χ0n) is 14.1. The van der Waals surface area contributed by atoms with Crippen molar-refractivity contribution in [3.63, 3.8) is 0 Å². The highest BCUT2D eigenvalue weighted by molar-refractivity contribution is 9.10. The van der Waals surface area contributed by atoms with Crippen molar-refractivity contribution in [3.8, 4) is 0 Å². The molecule has 0 spiro atoms. The molecule has 5 heteroatoms. The van der Waals surface area contributed by atoms with Gasteiger partial charge in [-0.2, -0.15) is 0 Å². The predicted molar refractivity (Wildman–Crippen MR) is 101 cm³/mol. The summed E-state index contributed by atoms with van der Waals surface area (Å²) in [6, 6.07) is 16.1. The summed E-state index contributed by atoms with van der Waals surface area (Å²) in [5, 5.41) is 0. The van der Waals surface area contributed by atoms with Crippen LogP contribution in [0.1, 0.15) is 20.8 Å². The number of amides is 1. The maximum atomic E-state index is 12.6. The molecule has 1 aliphatic heterocycles. The Morgan fingerprint density at radius 3 is 2.42 bits per heavy atom. The summed E-state index contributed by atoms with van der Waals surface area (Å²) in [4.78, 5) is 16.5. The monoisotopic (exact) mass is 388 g/mol. The lowest BCUT2D eigenvalue weighted by Gasteiger charge is -2.38. The number of benzene rings is 2. The second-order valence-corrected chi connectivity index (χ2v) is 7.67. The number of halogens is 1. The largest absolute Gasteiger partial charge is 0.443 e. The second-order valence-electron chi connectivity index (χ2n) is 6.75. The van der Waals surface area contributed by atoms with Gasteiger partial charge in [0.2, 0.25) is 0 Å². The molecule has 24 heavy (non-hydrogen) atoms. The first kappa shape index (κ1) is 16.8. The molecule has 1 amide bonds. The third-order valence-corrected chi connectivity index (χ3v) is 4.24. The van der Waals surface area contributed by atoms with Crippen LogP contribution < -0.4 is 9.80 Å². The minimum atomic E-state index is -0.506. The Kier molecular flexibility index (Phi) is 4.54. The molecule has 0 saturated carbocycles. The minimum Gasteiger partial charge on any atom is -0.443 e. The number of carbonyl (C=O) groups excluding carboxylic acids is 1. The predicted octanol–water partition coefficient (Wildman–Crippen LogP) is 5.34. The van der Waals surface area contributed by atoms with Gasteiger partial charge in [-0.1, -0.05) is 34.1 Å². The van der Waals surface area contributed by atoms with E-state index >= 15 is 0 Å². The van der Waals surface area contributed by atoms with Crippen molar-refractivity contribution >= 4 is 39.1 Å². The van der Waals surface area contributed by atoms with Gasteiger partial charge in [0.1, 0.15) is 5.60 Å². The molecule has 0 bridgehead atoms. The van der Waals surface area contributed by atoms with Crippen molar-refractivity contribution in [1.29, 1.82) is 0 Å². The normalized spacial score (nSPS) is 14.3. The van der Waals surface area contributed by atoms with Crippen molar-refractivity contribution < 1.29 is 9.53 Å². The quantitative estimate of drug-likeness (QED) is 0.660. The van der Waals surface area contributed by atoms with Gasteiger partial charge in [0, 0.05) is 23.2 Å². The first-order valence-electron chi connectivity index (χ1n) is 7.98. The number of fused-ring (bicyclic) bond motifs is 1. The van der Waals surface area contributed by atoms with E-state index in [1.165, 1.54) is 0 Å². The van der Waals surface area contributed by atoms with Crippen LogP contribution in [0.2, 0.25) is 0 Å². The van der Waals surface area contributed by atoms with E-state index in [1.54, 1.807) is 4.90 Å². The summed E-state index contributed by atoms with van der Waals surface area (Å²) in [5.41, 5.74) is 2.47. The molecule has 0 atom stereocenters. The molecule has 1 heterocycles. The summed E-state index contributed by atoms with van der Waals surface area (Å²) in [7, 11) is 0. The molecule has 0 saturated heterocycles. The molecular formula is C19H21BrN2O2. The first-order chi connectivity index (χ1) is 11.3. The molecular weight excluding hydrogens is 368 g/mol. The van der Waals surface area contributed by atoms with Crippen LogP contribution in [0.15, 0.2) is 53.0 Å². The van der Waals surface area contributed by atoms with Crippen LogP contribution in [-0.4, -0.2) is 24.8 Å². The molecule has 0 unspecified atom stereocenters. The van der Waals surface area contributed by atoms with Crippen molar-refractivity contribution in [2.75, 3.05) is 22.9 Å². The van der Waals surface area contributed by atoms with Crippen molar-refractivity contribution in [1.82, 2.24) is 0 Å². The lowest BCUT2D eigenvalue weighted by atomic mass is 10.1. The fraction of sp³-hybridized carbons (Fsp3) is 0.316. The molecule has 2 aromatic rings.